The molecule has 1 saturated heterocycles. The molecule has 0 unspecified atom stereocenters. The van der Waals surface area contributed by atoms with Crippen molar-refractivity contribution in [2.75, 3.05) is 18.9 Å². The minimum Gasteiger partial charge on any atom is -0.394 e. The molecule has 17 heavy (non-hydrogen) atoms. The van der Waals surface area contributed by atoms with Gasteiger partial charge in [0.05, 0.1) is 37.9 Å². The third-order valence-corrected chi connectivity index (χ3v) is 2.99. The molecule has 0 spiro atoms. The topological polar surface area (TPSA) is 99.1 Å². The fourth-order valence-corrected chi connectivity index (χ4v) is 2.11. The Morgan fingerprint density at radius 2 is 2.41 bits per heavy atom. The van der Waals surface area contributed by atoms with E-state index < -0.39 is 0 Å². The Labute approximate surface area is 97.3 Å². The first-order valence-electron chi connectivity index (χ1n) is 5.45. The molecule has 2 aromatic rings. The number of imidazole rings is 1. The average molecular weight is 235 g/mol. The van der Waals surface area contributed by atoms with Crippen molar-refractivity contribution in [2.24, 2.45) is 0 Å². The molecule has 7 heteroatoms. The van der Waals surface area contributed by atoms with Crippen LogP contribution in [0.3, 0.4) is 0 Å². The highest BCUT2D eigenvalue weighted by Crippen LogP contribution is 2.26. The van der Waals surface area contributed by atoms with Crippen LogP contribution >= 0.6 is 0 Å². The van der Waals surface area contributed by atoms with Gasteiger partial charge in [-0.3, -0.25) is 0 Å². The van der Waals surface area contributed by atoms with E-state index in [9.17, 15) is 0 Å². The zero-order valence-corrected chi connectivity index (χ0v) is 9.15. The number of hydrogen-bond donors (Lipinski definition) is 2. The monoisotopic (exact) mass is 235 g/mol. The van der Waals surface area contributed by atoms with Crippen LogP contribution in [0.5, 0.6) is 0 Å². The van der Waals surface area contributed by atoms with Crippen molar-refractivity contribution in [2.45, 2.75) is 18.6 Å². The largest absolute Gasteiger partial charge is 0.394 e. The second kappa shape index (κ2) is 3.94. The van der Waals surface area contributed by atoms with Crippen LogP contribution < -0.4 is 5.73 Å². The van der Waals surface area contributed by atoms with Crippen LogP contribution in [0.15, 0.2) is 12.5 Å². The molecule has 3 N–H and O–H groups in total. The number of aliphatic hydroxyl groups is 1. The summed E-state index contributed by atoms with van der Waals surface area (Å²) in [6.07, 6.45) is 3.97. The van der Waals surface area contributed by atoms with E-state index in [1.165, 1.54) is 0 Å². The summed E-state index contributed by atoms with van der Waals surface area (Å²) < 4.78 is 7.38. The summed E-state index contributed by atoms with van der Waals surface area (Å²) in [5, 5.41) is 9.04. The summed E-state index contributed by atoms with van der Waals surface area (Å²) >= 11 is 0. The van der Waals surface area contributed by atoms with Crippen molar-refractivity contribution in [1.29, 1.82) is 0 Å². The van der Waals surface area contributed by atoms with Crippen molar-refractivity contribution in [3.05, 3.63) is 12.5 Å². The predicted molar refractivity (Wildman–Crippen MR) is 60.2 cm³/mol. The fraction of sp³-hybridized carbons (Fsp3) is 0.500. The zero-order chi connectivity index (χ0) is 11.8. The SMILES string of the molecule is Nc1ncc2ncn([C@H]3CO[C@@H](CO)C3)c2n1. The van der Waals surface area contributed by atoms with Gasteiger partial charge in [0.15, 0.2) is 5.65 Å². The van der Waals surface area contributed by atoms with E-state index in [2.05, 4.69) is 15.0 Å². The summed E-state index contributed by atoms with van der Waals surface area (Å²) in [4.78, 5) is 12.3. The molecule has 1 aliphatic rings. The Hall–Kier alpha value is -1.73. The third-order valence-electron chi connectivity index (χ3n) is 2.99. The zero-order valence-electron chi connectivity index (χ0n) is 9.15. The van der Waals surface area contributed by atoms with Crippen molar-refractivity contribution in [3.8, 4) is 0 Å². The summed E-state index contributed by atoms with van der Waals surface area (Å²) in [7, 11) is 0. The van der Waals surface area contributed by atoms with E-state index in [4.69, 9.17) is 15.6 Å². The van der Waals surface area contributed by atoms with Crippen LogP contribution in [0.2, 0.25) is 0 Å². The van der Waals surface area contributed by atoms with Gasteiger partial charge in [-0.2, -0.15) is 4.98 Å². The minimum atomic E-state index is -0.100. The van der Waals surface area contributed by atoms with Crippen molar-refractivity contribution >= 4 is 17.1 Å². The van der Waals surface area contributed by atoms with Crippen LogP contribution in [0, 0.1) is 0 Å². The van der Waals surface area contributed by atoms with Gasteiger partial charge in [0.1, 0.15) is 5.52 Å². The quantitative estimate of drug-likeness (QED) is 0.743. The lowest BCUT2D eigenvalue weighted by molar-refractivity contribution is 0.0576. The van der Waals surface area contributed by atoms with Crippen molar-refractivity contribution in [1.82, 2.24) is 19.5 Å². The second-order valence-corrected chi connectivity index (χ2v) is 4.12. The van der Waals surface area contributed by atoms with Gasteiger partial charge in [0.25, 0.3) is 0 Å². The number of aromatic nitrogens is 4. The molecule has 0 aliphatic carbocycles. The van der Waals surface area contributed by atoms with Crippen LogP contribution in [0.4, 0.5) is 5.95 Å². The standard InChI is InChI=1S/C10H13N5O2/c11-10-12-2-8-9(14-10)15(5-13-8)6-1-7(3-16)17-4-6/h2,5-7,16H,1,3-4H2,(H2,11,12,14)/t6-,7-/m1/s1. The summed E-state index contributed by atoms with van der Waals surface area (Å²) in [5.74, 6) is 0.233. The number of nitrogen functional groups attached to an aromatic ring is 1. The number of nitrogens with two attached hydrogens (primary N) is 1. The Morgan fingerprint density at radius 3 is 3.18 bits per heavy atom. The first kappa shape index (κ1) is 10.4. The van der Waals surface area contributed by atoms with E-state index in [1.54, 1.807) is 12.5 Å². The fourth-order valence-electron chi connectivity index (χ4n) is 2.11. The molecule has 2 aromatic heterocycles. The Bertz CT molecular complexity index is 540. The highest BCUT2D eigenvalue weighted by Gasteiger charge is 2.27. The highest BCUT2D eigenvalue weighted by molar-refractivity contribution is 5.70. The van der Waals surface area contributed by atoms with Crippen molar-refractivity contribution in [3.63, 3.8) is 0 Å². The van der Waals surface area contributed by atoms with Crippen LogP contribution in [-0.2, 0) is 4.74 Å². The summed E-state index contributed by atoms with van der Waals surface area (Å²) in [6.45, 7) is 0.598. The van der Waals surface area contributed by atoms with Gasteiger partial charge in [0.2, 0.25) is 5.95 Å². The van der Waals surface area contributed by atoms with E-state index in [0.717, 1.165) is 6.42 Å². The number of ether oxygens (including phenoxy) is 1. The van der Waals surface area contributed by atoms with Gasteiger partial charge in [0, 0.05) is 0 Å². The molecule has 3 heterocycles. The number of nitrogens with zero attached hydrogens (tertiary/aromatic N) is 4. The molecule has 0 bridgehead atoms. The third kappa shape index (κ3) is 1.73. The molecule has 0 aromatic carbocycles. The van der Waals surface area contributed by atoms with E-state index in [0.29, 0.717) is 17.8 Å². The lowest BCUT2D eigenvalue weighted by atomic mass is 10.2. The van der Waals surface area contributed by atoms with E-state index in [1.807, 2.05) is 4.57 Å². The molecule has 90 valence electrons. The normalized spacial score (nSPS) is 24.5. The van der Waals surface area contributed by atoms with Crippen LogP contribution in [0.25, 0.3) is 11.2 Å². The number of hydrogen-bond acceptors (Lipinski definition) is 6. The first-order chi connectivity index (χ1) is 8.28. The lowest BCUT2D eigenvalue weighted by Gasteiger charge is -2.10. The number of anilines is 1. The molecule has 3 rings (SSSR count). The molecule has 7 nitrogen and oxygen atoms in total. The molecule has 0 radical (unpaired) electrons. The van der Waals surface area contributed by atoms with Crippen LogP contribution in [-0.4, -0.2) is 43.9 Å². The second-order valence-electron chi connectivity index (χ2n) is 4.12. The Kier molecular flexibility index (Phi) is 2.41. The van der Waals surface area contributed by atoms with Gasteiger partial charge in [-0.05, 0) is 6.42 Å². The Balaban J connectivity index is 1.98. The number of rotatable bonds is 2. The number of aliphatic hydroxyl groups excluding tert-OH is 1. The van der Waals surface area contributed by atoms with Gasteiger partial charge >= 0.3 is 0 Å². The molecule has 0 amide bonds. The maximum Gasteiger partial charge on any atom is 0.222 e. The molecular weight excluding hydrogens is 222 g/mol. The molecule has 2 atom stereocenters. The van der Waals surface area contributed by atoms with Gasteiger partial charge in [-0.15, -0.1) is 0 Å². The predicted octanol–water partition coefficient (Wildman–Crippen LogP) is -0.269. The van der Waals surface area contributed by atoms with Crippen LogP contribution in [0.1, 0.15) is 12.5 Å². The number of fused-ring (bicyclic) bond motifs is 1. The highest BCUT2D eigenvalue weighted by atomic mass is 16.5. The maximum absolute atomic E-state index is 9.04. The lowest BCUT2D eigenvalue weighted by Crippen LogP contribution is -2.11. The van der Waals surface area contributed by atoms with Gasteiger partial charge in [-0.1, -0.05) is 0 Å². The van der Waals surface area contributed by atoms with E-state index >= 15 is 0 Å². The van der Waals surface area contributed by atoms with Gasteiger partial charge < -0.3 is 20.1 Å². The smallest absolute Gasteiger partial charge is 0.222 e. The first-order valence-corrected chi connectivity index (χ1v) is 5.45. The van der Waals surface area contributed by atoms with E-state index in [-0.39, 0.29) is 24.7 Å². The summed E-state index contributed by atoms with van der Waals surface area (Å²) in [6, 6.07) is 0.145. The Morgan fingerprint density at radius 1 is 1.53 bits per heavy atom. The summed E-state index contributed by atoms with van der Waals surface area (Å²) in [5.41, 5.74) is 7.00. The maximum atomic E-state index is 9.04. The van der Waals surface area contributed by atoms with Gasteiger partial charge in [-0.25, -0.2) is 9.97 Å². The average Bonchev–Trinajstić information content (AvgIpc) is 2.93. The molecular formula is C10H13N5O2. The molecule has 1 aliphatic heterocycles. The van der Waals surface area contributed by atoms with Crippen molar-refractivity contribution < 1.29 is 9.84 Å². The molecule has 1 fully saturated rings. The molecule has 0 saturated carbocycles. The minimum absolute atomic E-state index is 0.0419.